The van der Waals surface area contributed by atoms with Crippen molar-refractivity contribution in [2.45, 2.75) is 32.6 Å². The van der Waals surface area contributed by atoms with Crippen LogP contribution < -0.4 is 0 Å². The Morgan fingerprint density at radius 3 is 3.00 bits per heavy atom. The maximum Gasteiger partial charge on any atom is 0.143 e. The van der Waals surface area contributed by atoms with Crippen LogP contribution >= 0.6 is 11.6 Å². The number of carbonyl (C=O) groups is 1. The Kier molecular flexibility index (Phi) is 1.95. The topological polar surface area (TPSA) is 17.1 Å². The van der Waals surface area contributed by atoms with Crippen LogP contribution in [-0.4, -0.2) is 11.7 Å². The van der Waals surface area contributed by atoms with Gasteiger partial charge in [0.1, 0.15) is 5.78 Å². The van der Waals surface area contributed by atoms with Crippen molar-refractivity contribution in [3.8, 4) is 0 Å². The molecule has 1 nitrogen and oxygen atoms in total. The third-order valence-electron chi connectivity index (χ3n) is 3.54. The van der Waals surface area contributed by atoms with Crippen molar-refractivity contribution >= 4 is 17.4 Å². The standard InChI is InChI=1S/C10H15ClO/c1-10(6-11)5-7-2-3-8(4-7)9(10)12/h7-8H,2-6H2,1H3. The average molecular weight is 187 g/mol. The van der Waals surface area contributed by atoms with E-state index in [0.717, 1.165) is 25.2 Å². The molecule has 0 spiro atoms. The molecule has 2 saturated carbocycles. The normalized spacial score (nSPS) is 46.7. The first-order valence-electron chi connectivity index (χ1n) is 4.76. The van der Waals surface area contributed by atoms with E-state index in [0.29, 0.717) is 17.6 Å². The molecule has 2 rings (SSSR count). The van der Waals surface area contributed by atoms with Crippen LogP contribution in [0.3, 0.4) is 0 Å². The van der Waals surface area contributed by atoms with Crippen molar-refractivity contribution in [2.75, 3.05) is 5.88 Å². The molecule has 0 aromatic rings. The monoisotopic (exact) mass is 186 g/mol. The van der Waals surface area contributed by atoms with Crippen LogP contribution in [0.25, 0.3) is 0 Å². The van der Waals surface area contributed by atoms with Crippen LogP contribution in [0.1, 0.15) is 32.6 Å². The van der Waals surface area contributed by atoms with Gasteiger partial charge in [-0.15, -0.1) is 11.6 Å². The molecule has 2 fully saturated rings. The second kappa shape index (κ2) is 2.73. The maximum atomic E-state index is 11.9. The quantitative estimate of drug-likeness (QED) is 0.576. The van der Waals surface area contributed by atoms with Gasteiger partial charge in [0.25, 0.3) is 0 Å². The van der Waals surface area contributed by atoms with Gasteiger partial charge < -0.3 is 0 Å². The molecule has 0 heterocycles. The van der Waals surface area contributed by atoms with Gasteiger partial charge in [0.05, 0.1) is 0 Å². The van der Waals surface area contributed by atoms with Gasteiger partial charge in [0.2, 0.25) is 0 Å². The molecule has 0 amide bonds. The van der Waals surface area contributed by atoms with E-state index in [2.05, 4.69) is 0 Å². The lowest BCUT2D eigenvalue weighted by Crippen LogP contribution is -2.38. The lowest BCUT2D eigenvalue weighted by Gasteiger charge is -2.34. The highest BCUT2D eigenvalue weighted by molar-refractivity contribution is 6.20. The Labute approximate surface area is 78.5 Å². The molecule has 2 heteroatoms. The largest absolute Gasteiger partial charge is 0.299 e. The number of carbonyl (C=O) groups excluding carboxylic acids is 1. The zero-order valence-corrected chi connectivity index (χ0v) is 8.23. The van der Waals surface area contributed by atoms with Crippen molar-refractivity contribution in [1.82, 2.24) is 0 Å². The van der Waals surface area contributed by atoms with E-state index in [1.807, 2.05) is 6.92 Å². The van der Waals surface area contributed by atoms with Gasteiger partial charge in [-0.25, -0.2) is 0 Å². The molecular formula is C10H15ClO. The van der Waals surface area contributed by atoms with Gasteiger partial charge in [0, 0.05) is 17.2 Å². The number of Topliss-reactive ketones (excluding diaryl/α,β-unsaturated/α-hetero) is 1. The van der Waals surface area contributed by atoms with E-state index >= 15 is 0 Å². The molecule has 0 aromatic carbocycles. The molecule has 2 bridgehead atoms. The number of fused-ring (bicyclic) bond motifs is 2. The van der Waals surface area contributed by atoms with Crippen LogP contribution in [0.2, 0.25) is 0 Å². The summed E-state index contributed by atoms with van der Waals surface area (Å²) >= 11 is 5.85. The van der Waals surface area contributed by atoms with E-state index in [1.165, 1.54) is 6.42 Å². The Bertz CT molecular complexity index is 214. The number of hydrogen-bond acceptors (Lipinski definition) is 1. The summed E-state index contributed by atoms with van der Waals surface area (Å²) in [7, 11) is 0. The summed E-state index contributed by atoms with van der Waals surface area (Å²) in [5.74, 6) is 2.09. The number of halogens is 1. The first kappa shape index (κ1) is 8.55. The second-order valence-corrected chi connectivity index (χ2v) is 4.91. The number of alkyl halides is 1. The third kappa shape index (κ3) is 1.10. The highest BCUT2D eigenvalue weighted by Crippen LogP contribution is 2.48. The minimum atomic E-state index is -0.189. The van der Waals surface area contributed by atoms with Crippen LogP contribution in [-0.2, 0) is 4.79 Å². The molecule has 0 aromatic heterocycles. The summed E-state index contributed by atoms with van der Waals surface area (Å²) in [6, 6.07) is 0. The minimum absolute atomic E-state index is 0.189. The van der Waals surface area contributed by atoms with Gasteiger partial charge in [-0.3, -0.25) is 4.79 Å². The van der Waals surface area contributed by atoms with Crippen LogP contribution in [0.5, 0.6) is 0 Å². The van der Waals surface area contributed by atoms with E-state index in [1.54, 1.807) is 0 Å². The van der Waals surface area contributed by atoms with E-state index < -0.39 is 0 Å². The Hall–Kier alpha value is -0.0400. The van der Waals surface area contributed by atoms with Gasteiger partial charge in [-0.1, -0.05) is 6.92 Å². The Morgan fingerprint density at radius 2 is 2.33 bits per heavy atom. The van der Waals surface area contributed by atoms with Gasteiger partial charge >= 0.3 is 0 Å². The Balaban J connectivity index is 2.23. The molecular weight excluding hydrogens is 172 g/mol. The number of rotatable bonds is 1. The summed E-state index contributed by atoms with van der Waals surface area (Å²) in [6.07, 6.45) is 4.55. The van der Waals surface area contributed by atoms with Gasteiger partial charge in [-0.2, -0.15) is 0 Å². The van der Waals surface area contributed by atoms with Crippen molar-refractivity contribution in [3.05, 3.63) is 0 Å². The van der Waals surface area contributed by atoms with Crippen LogP contribution in [0.4, 0.5) is 0 Å². The van der Waals surface area contributed by atoms with Crippen molar-refractivity contribution < 1.29 is 4.79 Å². The predicted octanol–water partition coefficient (Wildman–Crippen LogP) is 2.62. The zero-order chi connectivity index (χ0) is 8.77. The molecule has 0 N–H and O–H groups in total. The molecule has 2 aliphatic carbocycles. The first-order valence-corrected chi connectivity index (χ1v) is 5.29. The highest BCUT2D eigenvalue weighted by atomic mass is 35.5. The van der Waals surface area contributed by atoms with Crippen molar-refractivity contribution in [3.63, 3.8) is 0 Å². The molecule has 0 radical (unpaired) electrons. The van der Waals surface area contributed by atoms with Crippen LogP contribution in [0, 0.1) is 17.3 Å². The fraction of sp³-hybridized carbons (Fsp3) is 0.900. The fourth-order valence-corrected chi connectivity index (χ4v) is 3.09. The molecule has 0 aliphatic heterocycles. The SMILES string of the molecule is CC1(CCl)CC2CCC(C2)C1=O. The minimum Gasteiger partial charge on any atom is -0.299 e. The second-order valence-electron chi connectivity index (χ2n) is 4.64. The van der Waals surface area contributed by atoms with E-state index in [9.17, 15) is 4.79 Å². The van der Waals surface area contributed by atoms with E-state index in [-0.39, 0.29) is 5.41 Å². The molecule has 2 aliphatic rings. The molecule has 12 heavy (non-hydrogen) atoms. The van der Waals surface area contributed by atoms with Crippen molar-refractivity contribution in [2.24, 2.45) is 17.3 Å². The van der Waals surface area contributed by atoms with Gasteiger partial charge in [-0.05, 0) is 31.6 Å². The summed E-state index contributed by atoms with van der Waals surface area (Å²) in [6.45, 7) is 2.03. The summed E-state index contributed by atoms with van der Waals surface area (Å²) < 4.78 is 0. The van der Waals surface area contributed by atoms with Crippen LogP contribution in [0.15, 0.2) is 0 Å². The highest BCUT2D eigenvalue weighted by Gasteiger charge is 2.47. The number of ketones is 1. The summed E-state index contributed by atoms with van der Waals surface area (Å²) in [5.41, 5.74) is -0.189. The average Bonchev–Trinajstić information content (AvgIpc) is 2.46. The van der Waals surface area contributed by atoms with Crippen molar-refractivity contribution in [1.29, 1.82) is 0 Å². The Morgan fingerprint density at radius 1 is 1.58 bits per heavy atom. The van der Waals surface area contributed by atoms with E-state index in [4.69, 9.17) is 11.6 Å². The molecule has 0 saturated heterocycles. The number of hydrogen-bond donors (Lipinski definition) is 0. The summed E-state index contributed by atoms with van der Waals surface area (Å²) in [5, 5.41) is 0. The molecule has 68 valence electrons. The molecule has 3 unspecified atom stereocenters. The lowest BCUT2D eigenvalue weighted by molar-refractivity contribution is -0.133. The summed E-state index contributed by atoms with van der Waals surface area (Å²) in [4.78, 5) is 11.9. The van der Waals surface area contributed by atoms with Gasteiger partial charge in [0.15, 0.2) is 0 Å². The zero-order valence-electron chi connectivity index (χ0n) is 7.48. The first-order chi connectivity index (χ1) is 5.65. The molecule has 3 atom stereocenters. The fourth-order valence-electron chi connectivity index (χ4n) is 2.85. The lowest BCUT2D eigenvalue weighted by atomic mass is 9.70. The third-order valence-corrected chi connectivity index (χ3v) is 4.13. The maximum absolute atomic E-state index is 11.9. The predicted molar refractivity (Wildman–Crippen MR) is 49.3 cm³/mol. The smallest absolute Gasteiger partial charge is 0.143 e.